The Hall–Kier alpha value is -3.03. The SMILES string of the molecule is CCc1cc(O)cc2c1Nc1c(O)cccc1C(=O)N2CC1OC1(C)CCC=C(C)CCC1OC1(C)C. The number of fused-ring (bicyclic) bond motifs is 2. The van der Waals surface area contributed by atoms with Crippen LogP contribution >= 0.6 is 0 Å². The molecular formula is C30H38N2O5. The van der Waals surface area contributed by atoms with Crippen LogP contribution in [0.5, 0.6) is 11.5 Å². The van der Waals surface area contributed by atoms with Gasteiger partial charge in [-0.1, -0.05) is 24.6 Å². The molecule has 2 aromatic rings. The molecule has 2 aromatic carbocycles. The van der Waals surface area contributed by atoms with Gasteiger partial charge < -0.3 is 29.9 Å². The van der Waals surface area contributed by atoms with Crippen molar-refractivity contribution in [2.45, 2.75) is 90.1 Å². The molecule has 3 aliphatic rings. The van der Waals surface area contributed by atoms with Crippen molar-refractivity contribution in [3.63, 3.8) is 0 Å². The molecule has 198 valence electrons. The largest absolute Gasteiger partial charge is 0.508 e. The van der Waals surface area contributed by atoms with E-state index in [9.17, 15) is 15.0 Å². The highest BCUT2D eigenvalue weighted by Crippen LogP contribution is 2.47. The number of epoxide rings is 2. The standard InChI is InChI=1S/C30H38N2O5/c1-6-19-15-20(33)16-22-26(19)31-27-21(10-7-11-23(27)34)28(35)32(22)17-25-30(5,37-25)14-8-9-18(2)12-13-24-29(3,4)36-24/h7,9-11,15-16,24-25,31,33-34H,6,8,12-14,17H2,1-5H3. The number of aryl methyl sites for hydroxylation is 1. The molecular weight excluding hydrogens is 468 g/mol. The Balaban J connectivity index is 1.31. The summed E-state index contributed by atoms with van der Waals surface area (Å²) in [5.74, 6) is -0.116. The molecule has 3 unspecified atom stereocenters. The van der Waals surface area contributed by atoms with Crippen molar-refractivity contribution in [3.05, 3.63) is 53.1 Å². The van der Waals surface area contributed by atoms with Crippen LogP contribution in [-0.4, -0.2) is 46.1 Å². The second-order valence-corrected chi connectivity index (χ2v) is 11.3. The Kier molecular flexibility index (Phi) is 6.49. The number of benzene rings is 2. The topological polar surface area (TPSA) is 97.9 Å². The summed E-state index contributed by atoms with van der Waals surface area (Å²) in [4.78, 5) is 15.4. The van der Waals surface area contributed by atoms with Gasteiger partial charge in [0.05, 0.1) is 46.5 Å². The highest BCUT2D eigenvalue weighted by atomic mass is 16.6. The minimum atomic E-state index is -0.315. The lowest BCUT2D eigenvalue weighted by molar-refractivity contribution is 0.0986. The number of carbonyl (C=O) groups is 1. The maximum absolute atomic E-state index is 13.7. The van der Waals surface area contributed by atoms with E-state index in [1.165, 1.54) is 5.57 Å². The number of phenolic OH excluding ortho intramolecular Hbond substituents is 2. The van der Waals surface area contributed by atoms with Gasteiger partial charge >= 0.3 is 0 Å². The molecule has 3 aliphatic heterocycles. The summed E-state index contributed by atoms with van der Waals surface area (Å²) in [6.45, 7) is 10.9. The zero-order valence-electron chi connectivity index (χ0n) is 22.4. The molecule has 7 heteroatoms. The number of amides is 1. The molecule has 0 radical (unpaired) electrons. The van der Waals surface area contributed by atoms with E-state index < -0.39 is 0 Å². The molecule has 0 aromatic heterocycles. The molecule has 0 bridgehead atoms. The van der Waals surface area contributed by atoms with Crippen LogP contribution in [0.15, 0.2) is 42.0 Å². The summed E-state index contributed by atoms with van der Waals surface area (Å²) in [7, 11) is 0. The monoisotopic (exact) mass is 506 g/mol. The van der Waals surface area contributed by atoms with Crippen LogP contribution in [0.4, 0.5) is 17.1 Å². The lowest BCUT2D eigenvalue weighted by Gasteiger charge is -2.24. The normalized spacial score (nSPS) is 25.7. The van der Waals surface area contributed by atoms with Gasteiger partial charge in [0.15, 0.2) is 0 Å². The highest BCUT2D eigenvalue weighted by Gasteiger charge is 2.53. The Morgan fingerprint density at radius 2 is 1.89 bits per heavy atom. The number of aromatic hydroxyl groups is 2. The van der Waals surface area contributed by atoms with E-state index >= 15 is 0 Å². The predicted octanol–water partition coefficient (Wildman–Crippen LogP) is 6.21. The molecule has 7 nitrogen and oxygen atoms in total. The smallest absolute Gasteiger partial charge is 0.260 e. The number of hydrogen-bond donors (Lipinski definition) is 3. The number of anilines is 3. The fraction of sp³-hybridized carbons (Fsp3) is 0.500. The Morgan fingerprint density at radius 1 is 1.14 bits per heavy atom. The molecule has 3 N–H and O–H groups in total. The van der Waals surface area contributed by atoms with Crippen LogP contribution in [0, 0.1) is 0 Å². The molecule has 2 saturated heterocycles. The minimum absolute atomic E-state index is 0.0141. The first-order chi connectivity index (χ1) is 17.5. The second kappa shape index (κ2) is 9.37. The molecule has 5 rings (SSSR count). The van der Waals surface area contributed by atoms with E-state index in [2.05, 4.69) is 39.1 Å². The lowest BCUT2D eigenvalue weighted by Crippen LogP contribution is -2.35. The lowest BCUT2D eigenvalue weighted by atomic mass is 9.98. The number of carbonyl (C=O) groups excluding carboxylic acids is 1. The Bertz CT molecular complexity index is 1250. The van der Waals surface area contributed by atoms with Crippen LogP contribution < -0.4 is 10.2 Å². The van der Waals surface area contributed by atoms with Gasteiger partial charge in [-0.05, 0) is 83.6 Å². The molecule has 2 fully saturated rings. The molecule has 3 heterocycles. The van der Waals surface area contributed by atoms with Crippen molar-refractivity contribution in [1.29, 1.82) is 0 Å². The van der Waals surface area contributed by atoms with Gasteiger partial charge in [-0.2, -0.15) is 0 Å². The maximum Gasteiger partial charge on any atom is 0.260 e. The van der Waals surface area contributed by atoms with Crippen molar-refractivity contribution in [2.24, 2.45) is 0 Å². The number of rotatable bonds is 9. The average Bonchev–Trinajstić information content (AvgIpc) is 3.70. The van der Waals surface area contributed by atoms with E-state index in [1.54, 1.807) is 35.2 Å². The van der Waals surface area contributed by atoms with E-state index in [0.29, 0.717) is 36.0 Å². The number of ether oxygens (including phenoxy) is 2. The first-order valence-electron chi connectivity index (χ1n) is 13.3. The van der Waals surface area contributed by atoms with Crippen molar-refractivity contribution >= 4 is 23.0 Å². The fourth-order valence-corrected chi connectivity index (χ4v) is 5.43. The van der Waals surface area contributed by atoms with Crippen molar-refractivity contribution in [1.82, 2.24) is 0 Å². The van der Waals surface area contributed by atoms with E-state index in [4.69, 9.17) is 9.47 Å². The van der Waals surface area contributed by atoms with Gasteiger partial charge in [0.1, 0.15) is 17.6 Å². The van der Waals surface area contributed by atoms with Crippen LogP contribution in [-0.2, 0) is 15.9 Å². The van der Waals surface area contributed by atoms with Crippen LogP contribution in [0.25, 0.3) is 0 Å². The van der Waals surface area contributed by atoms with Crippen LogP contribution in [0.2, 0.25) is 0 Å². The molecule has 0 spiro atoms. The number of hydrogen-bond acceptors (Lipinski definition) is 6. The van der Waals surface area contributed by atoms with Gasteiger partial charge in [-0.3, -0.25) is 4.79 Å². The quantitative estimate of drug-likeness (QED) is 0.162. The van der Waals surface area contributed by atoms with E-state index in [1.807, 2.05) is 6.92 Å². The fourth-order valence-electron chi connectivity index (χ4n) is 5.43. The zero-order chi connectivity index (χ0) is 26.5. The first kappa shape index (κ1) is 25.6. The third-order valence-electron chi connectivity index (χ3n) is 8.11. The zero-order valence-corrected chi connectivity index (χ0v) is 22.4. The van der Waals surface area contributed by atoms with E-state index in [-0.39, 0.29) is 34.7 Å². The molecule has 0 aliphatic carbocycles. The number of nitrogens with one attached hydrogen (secondary N) is 1. The third kappa shape index (κ3) is 5.07. The molecule has 0 saturated carbocycles. The van der Waals surface area contributed by atoms with Gasteiger partial charge in [0.2, 0.25) is 0 Å². The van der Waals surface area contributed by atoms with Crippen LogP contribution in [0.1, 0.15) is 76.2 Å². The highest BCUT2D eigenvalue weighted by molar-refractivity contribution is 6.15. The summed E-state index contributed by atoms with van der Waals surface area (Å²) in [6, 6.07) is 8.25. The van der Waals surface area contributed by atoms with Gasteiger partial charge in [-0.25, -0.2) is 0 Å². The van der Waals surface area contributed by atoms with Crippen molar-refractivity contribution in [2.75, 3.05) is 16.8 Å². The summed E-state index contributed by atoms with van der Waals surface area (Å²) >= 11 is 0. The van der Waals surface area contributed by atoms with Crippen LogP contribution in [0.3, 0.4) is 0 Å². The molecule has 3 atom stereocenters. The Morgan fingerprint density at radius 3 is 2.59 bits per heavy atom. The summed E-state index contributed by atoms with van der Waals surface area (Å²) in [6.07, 6.45) is 7.07. The number of allylic oxidation sites excluding steroid dienone is 2. The summed E-state index contributed by atoms with van der Waals surface area (Å²) in [5.41, 5.74) is 4.05. The minimum Gasteiger partial charge on any atom is -0.508 e. The van der Waals surface area contributed by atoms with E-state index in [0.717, 1.165) is 36.9 Å². The summed E-state index contributed by atoms with van der Waals surface area (Å²) in [5, 5.41) is 24.3. The van der Waals surface area contributed by atoms with Gasteiger partial charge in [0.25, 0.3) is 5.91 Å². The van der Waals surface area contributed by atoms with Gasteiger partial charge in [0, 0.05) is 6.07 Å². The number of nitrogens with zero attached hydrogens (tertiary/aromatic N) is 1. The van der Waals surface area contributed by atoms with Crippen molar-refractivity contribution in [3.8, 4) is 11.5 Å². The predicted molar refractivity (Wildman–Crippen MR) is 145 cm³/mol. The first-order valence-corrected chi connectivity index (χ1v) is 13.3. The third-order valence-corrected chi connectivity index (χ3v) is 8.11. The van der Waals surface area contributed by atoms with Crippen molar-refractivity contribution < 1.29 is 24.5 Å². The molecule has 1 amide bonds. The summed E-state index contributed by atoms with van der Waals surface area (Å²) < 4.78 is 11.8. The second-order valence-electron chi connectivity index (χ2n) is 11.3. The average molecular weight is 507 g/mol. The van der Waals surface area contributed by atoms with Gasteiger partial charge in [-0.15, -0.1) is 0 Å². The number of phenols is 2. The number of para-hydroxylation sites is 1. The maximum atomic E-state index is 13.7. The Labute approximate surface area is 219 Å². The molecule has 37 heavy (non-hydrogen) atoms.